The zero-order valence-electron chi connectivity index (χ0n) is 9.06. The van der Waals surface area contributed by atoms with Crippen LogP contribution in [0.1, 0.15) is 19.3 Å². The number of carbonyl (C=O) groups excluding carboxylic acids is 1. The second-order valence-electron chi connectivity index (χ2n) is 2.85. The van der Waals surface area contributed by atoms with E-state index in [-0.39, 0.29) is 12.6 Å². The Kier molecular flexibility index (Phi) is 9.76. The SMILES string of the molecule is COC(=O)CC=CCC=CCC=CCO. The van der Waals surface area contributed by atoms with Gasteiger partial charge in [0.15, 0.2) is 0 Å². The standard InChI is InChI=1S/C12H18O3/c1-15-12(14)10-8-6-4-2-3-5-7-9-11-13/h2-3,6-9,13H,4-5,10-11H2,1H3. The Morgan fingerprint density at radius 2 is 1.60 bits per heavy atom. The Hall–Kier alpha value is -1.35. The lowest BCUT2D eigenvalue weighted by Crippen LogP contribution is -1.96. The van der Waals surface area contributed by atoms with Gasteiger partial charge in [-0.3, -0.25) is 4.79 Å². The van der Waals surface area contributed by atoms with Crippen LogP contribution in [0.25, 0.3) is 0 Å². The zero-order valence-corrected chi connectivity index (χ0v) is 9.06. The van der Waals surface area contributed by atoms with Crippen LogP contribution in [0.2, 0.25) is 0 Å². The van der Waals surface area contributed by atoms with Gasteiger partial charge in [-0.1, -0.05) is 36.5 Å². The summed E-state index contributed by atoms with van der Waals surface area (Å²) < 4.78 is 4.48. The molecule has 0 heterocycles. The maximum absolute atomic E-state index is 10.7. The third kappa shape index (κ3) is 10.6. The average Bonchev–Trinajstić information content (AvgIpc) is 2.26. The summed E-state index contributed by atoms with van der Waals surface area (Å²) in [5.74, 6) is -0.221. The van der Waals surface area contributed by atoms with E-state index < -0.39 is 0 Å². The number of hydrogen-bond donors (Lipinski definition) is 1. The van der Waals surface area contributed by atoms with Crippen molar-refractivity contribution >= 4 is 5.97 Å². The quantitative estimate of drug-likeness (QED) is 0.516. The molecule has 0 radical (unpaired) electrons. The minimum atomic E-state index is -0.221. The molecule has 3 nitrogen and oxygen atoms in total. The minimum absolute atomic E-state index is 0.0902. The highest BCUT2D eigenvalue weighted by Gasteiger charge is 1.91. The second-order valence-corrected chi connectivity index (χ2v) is 2.85. The van der Waals surface area contributed by atoms with E-state index in [4.69, 9.17) is 5.11 Å². The van der Waals surface area contributed by atoms with E-state index in [1.165, 1.54) is 7.11 Å². The van der Waals surface area contributed by atoms with Crippen molar-refractivity contribution in [1.29, 1.82) is 0 Å². The molecule has 0 unspecified atom stereocenters. The predicted molar refractivity (Wildman–Crippen MR) is 60.4 cm³/mol. The largest absolute Gasteiger partial charge is 0.469 e. The summed E-state index contributed by atoms with van der Waals surface area (Å²) in [6.45, 7) is 0.0902. The van der Waals surface area contributed by atoms with Crippen LogP contribution < -0.4 is 0 Å². The maximum Gasteiger partial charge on any atom is 0.309 e. The van der Waals surface area contributed by atoms with E-state index in [1.54, 1.807) is 12.2 Å². The minimum Gasteiger partial charge on any atom is -0.469 e. The lowest BCUT2D eigenvalue weighted by atomic mass is 10.3. The molecule has 0 spiro atoms. The van der Waals surface area contributed by atoms with Crippen LogP contribution in [-0.2, 0) is 9.53 Å². The normalized spacial score (nSPS) is 11.9. The van der Waals surface area contributed by atoms with Crippen molar-refractivity contribution in [3.05, 3.63) is 36.5 Å². The molecule has 0 saturated carbocycles. The molecule has 3 heteroatoms. The number of methoxy groups -OCH3 is 1. The summed E-state index contributed by atoms with van der Waals surface area (Å²) in [7, 11) is 1.38. The molecule has 0 aromatic rings. The Balaban J connectivity index is 3.44. The van der Waals surface area contributed by atoms with Gasteiger partial charge in [-0.15, -0.1) is 0 Å². The van der Waals surface area contributed by atoms with Gasteiger partial charge in [-0.2, -0.15) is 0 Å². The Morgan fingerprint density at radius 1 is 1.07 bits per heavy atom. The van der Waals surface area contributed by atoms with Gasteiger partial charge in [0.25, 0.3) is 0 Å². The van der Waals surface area contributed by atoms with E-state index in [9.17, 15) is 4.79 Å². The Bertz CT molecular complexity index is 239. The smallest absolute Gasteiger partial charge is 0.309 e. The number of aliphatic hydroxyl groups excluding tert-OH is 1. The number of esters is 1. The van der Waals surface area contributed by atoms with Gasteiger partial charge in [0.2, 0.25) is 0 Å². The maximum atomic E-state index is 10.7. The fraction of sp³-hybridized carbons (Fsp3) is 0.417. The molecule has 0 fully saturated rings. The van der Waals surface area contributed by atoms with E-state index in [2.05, 4.69) is 4.74 Å². The van der Waals surface area contributed by atoms with Crippen LogP contribution in [-0.4, -0.2) is 24.8 Å². The molecule has 0 bridgehead atoms. The van der Waals surface area contributed by atoms with Crippen molar-refractivity contribution in [1.82, 2.24) is 0 Å². The van der Waals surface area contributed by atoms with Crippen LogP contribution in [0.4, 0.5) is 0 Å². The van der Waals surface area contributed by atoms with E-state index in [0.717, 1.165) is 12.8 Å². The molecule has 0 atom stereocenters. The van der Waals surface area contributed by atoms with E-state index in [0.29, 0.717) is 6.42 Å². The molecule has 0 aromatic carbocycles. The van der Waals surface area contributed by atoms with Crippen LogP contribution in [0, 0.1) is 0 Å². The first-order chi connectivity index (χ1) is 7.31. The molecule has 0 aromatic heterocycles. The molecule has 0 saturated heterocycles. The number of aliphatic hydroxyl groups is 1. The van der Waals surface area contributed by atoms with Crippen molar-refractivity contribution < 1.29 is 14.6 Å². The number of carbonyl (C=O) groups is 1. The van der Waals surface area contributed by atoms with Crippen molar-refractivity contribution in [3.63, 3.8) is 0 Å². The Morgan fingerprint density at radius 3 is 2.13 bits per heavy atom. The third-order valence-corrected chi connectivity index (χ3v) is 1.66. The van der Waals surface area contributed by atoms with Crippen molar-refractivity contribution in [2.45, 2.75) is 19.3 Å². The van der Waals surface area contributed by atoms with Crippen LogP contribution in [0.15, 0.2) is 36.5 Å². The first kappa shape index (κ1) is 13.7. The van der Waals surface area contributed by atoms with Gasteiger partial charge < -0.3 is 9.84 Å². The third-order valence-electron chi connectivity index (χ3n) is 1.66. The highest BCUT2D eigenvalue weighted by molar-refractivity contribution is 5.70. The fourth-order valence-electron chi connectivity index (χ4n) is 0.879. The molecular formula is C12H18O3. The van der Waals surface area contributed by atoms with Crippen molar-refractivity contribution in [2.75, 3.05) is 13.7 Å². The summed E-state index contributed by atoms with van der Waals surface area (Å²) >= 11 is 0. The van der Waals surface area contributed by atoms with Crippen LogP contribution in [0.3, 0.4) is 0 Å². The number of hydrogen-bond acceptors (Lipinski definition) is 3. The lowest BCUT2D eigenvalue weighted by molar-refractivity contribution is -0.139. The summed E-state index contributed by atoms with van der Waals surface area (Å²) in [5.41, 5.74) is 0. The van der Waals surface area contributed by atoms with Crippen LogP contribution >= 0.6 is 0 Å². The number of rotatable bonds is 7. The fourth-order valence-corrected chi connectivity index (χ4v) is 0.879. The molecule has 1 N–H and O–H groups in total. The molecule has 0 aliphatic rings. The molecule has 0 amide bonds. The highest BCUT2D eigenvalue weighted by Crippen LogP contribution is 1.93. The van der Waals surface area contributed by atoms with Crippen molar-refractivity contribution in [2.24, 2.45) is 0 Å². The van der Waals surface area contributed by atoms with Gasteiger partial charge in [-0.25, -0.2) is 0 Å². The van der Waals surface area contributed by atoms with Gasteiger partial charge in [0.05, 0.1) is 20.1 Å². The van der Waals surface area contributed by atoms with Gasteiger partial charge in [0.1, 0.15) is 0 Å². The average molecular weight is 210 g/mol. The van der Waals surface area contributed by atoms with Crippen molar-refractivity contribution in [3.8, 4) is 0 Å². The van der Waals surface area contributed by atoms with E-state index in [1.807, 2.05) is 24.3 Å². The topological polar surface area (TPSA) is 46.5 Å². The van der Waals surface area contributed by atoms with Gasteiger partial charge >= 0.3 is 5.97 Å². The molecule has 0 aliphatic heterocycles. The van der Waals surface area contributed by atoms with Crippen LogP contribution in [0.5, 0.6) is 0 Å². The monoisotopic (exact) mass is 210 g/mol. The lowest BCUT2D eigenvalue weighted by Gasteiger charge is -1.90. The highest BCUT2D eigenvalue weighted by atomic mass is 16.5. The van der Waals surface area contributed by atoms with Gasteiger partial charge in [0, 0.05) is 0 Å². The summed E-state index contributed by atoms with van der Waals surface area (Å²) in [6.07, 6.45) is 13.3. The first-order valence-corrected chi connectivity index (χ1v) is 4.94. The molecule has 15 heavy (non-hydrogen) atoms. The summed E-state index contributed by atoms with van der Waals surface area (Å²) in [4.78, 5) is 10.7. The first-order valence-electron chi connectivity index (χ1n) is 4.94. The van der Waals surface area contributed by atoms with Gasteiger partial charge in [-0.05, 0) is 12.8 Å². The number of allylic oxidation sites excluding steroid dienone is 4. The number of ether oxygens (including phenoxy) is 1. The molecule has 0 rings (SSSR count). The predicted octanol–water partition coefficient (Wildman–Crippen LogP) is 1.99. The molecule has 0 aliphatic carbocycles. The zero-order chi connectivity index (χ0) is 11.4. The molecule has 84 valence electrons. The molecular weight excluding hydrogens is 192 g/mol. The Labute approximate surface area is 90.8 Å². The van der Waals surface area contributed by atoms with E-state index >= 15 is 0 Å². The second kappa shape index (κ2) is 10.7. The summed E-state index contributed by atoms with van der Waals surface area (Å²) in [5, 5.41) is 8.45. The summed E-state index contributed by atoms with van der Waals surface area (Å²) in [6, 6.07) is 0.